The van der Waals surface area contributed by atoms with E-state index in [4.69, 9.17) is 16.3 Å². The van der Waals surface area contributed by atoms with Crippen LogP contribution in [-0.2, 0) is 9.53 Å². The van der Waals surface area contributed by atoms with Gasteiger partial charge >= 0.3 is 0 Å². The second kappa shape index (κ2) is 5.25. The van der Waals surface area contributed by atoms with Crippen LogP contribution in [-0.4, -0.2) is 63.6 Å². The highest BCUT2D eigenvalue weighted by Crippen LogP contribution is 2.19. The fourth-order valence-corrected chi connectivity index (χ4v) is 1.45. The number of hydrogen-bond acceptors (Lipinski definition) is 6. The number of aliphatic hydroxyl groups excluding tert-OH is 4. The third-order valence-electron chi connectivity index (χ3n) is 2.33. The molecule has 0 aromatic heterocycles. The lowest BCUT2D eigenvalue weighted by atomic mass is 9.97. The van der Waals surface area contributed by atoms with Crippen molar-refractivity contribution < 1.29 is 30.0 Å². The van der Waals surface area contributed by atoms with Crippen LogP contribution in [0.15, 0.2) is 0 Å². The zero-order valence-corrected chi connectivity index (χ0v) is 8.28. The van der Waals surface area contributed by atoms with Crippen LogP contribution in [0.3, 0.4) is 0 Å². The molecule has 1 saturated heterocycles. The number of carbonyl (C=O) groups is 1. The largest absolute Gasteiger partial charge is 0.394 e. The van der Waals surface area contributed by atoms with Crippen molar-refractivity contribution in [3.05, 3.63) is 0 Å². The summed E-state index contributed by atoms with van der Waals surface area (Å²) in [7, 11) is 0. The van der Waals surface area contributed by atoms with Crippen molar-refractivity contribution in [2.45, 2.75) is 30.6 Å². The second-order valence-corrected chi connectivity index (χ2v) is 3.37. The maximum absolute atomic E-state index is 10.9. The quantitative estimate of drug-likeness (QED) is 0.315. The number of amides is 1. The first-order valence-corrected chi connectivity index (χ1v) is 4.59. The van der Waals surface area contributed by atoms with E-state index in [9.17, 15) is 20.1 Å². The second-order valence-electron chi connectivity index (χ2n) is 3.37. The summed E-state index contributed by atoms with van der Waals surface area (Å²) in [5.74, 6) is 0.889. The molecule has 1 fully saturated rings. The highest BCUT2D eigenvalue weighted by atomic mass is 16.6. The van der Waals surface area contributed by atoms with E-state index in [1.165, 1.54) is 0 Å². The molecule has 16 heavy (non-hydrogen) atoms. The zero-order valence-electron chi connectivity index (χ0n) is 8.28. The van der Waals surface area contributed by atoms with Crippen molar-refractivity contribution in [3.63, 3.8) is 0 Å². The molecule has 5 atom stereocenters. The molecule has 7 heteroatoms. The smallest absolute Gasteiger partial charge is 0.296 e. The van der Waals surface area contributed by atoms with Gasteiger partial charge in [0, 0.05) is 0 Å². The molecule has 1 aliphatic rings. The van der Waals surface area contributed by atoms with Gasteiger partial charge in [0.25, 0.3) is 5.91 Å². The van der Waals surface area contributed by atoms with E-state index in [1.54, 1.807) is 5.92 Å². The van der Waals surface area contributed by atoms with Gasteiger partial charge in [0.05, 0.1) is 6.61 Å². The molecule has 0 saturated carbocycles. The van der Waals surface area contributed by atoms with Crippen molar-refractivity contribution in [2.75, 3.05) is 6.61 Å². The molecule has 7 nitrogen and oxygen atoms in total. The van der Waals surface area contributed by atoms with Crippen molar-refractivity contribution in [1.82, 2.24) is 5.32 Å². The van der Waals surface area contributed by atoms with Crippen LogP contribution < -0.4 is 5.32 Å². The van der Waals surface area contributed by atoms with E-state index < -0.39 is 43.2 Å². The topological polar surface area (TPSA) is 119 Å². The van der Waals surface area contributed by atoms with E-state index in [0.29, 0.717) is 0 Å². The molecule has 1 aliphatic heterocycles. The molecule has 1 amide bonds. The number of terminal acetylenes is 1. The Bertz CT molecular complexity index is 301. The standard InChI is InChI=1S/C9H13NO6/c1-2-5(12)10-6-8(14)7(13)4(3-11)16-9(6)15/h1,4,6-9,11,13-15H,3H2,(H,10,12)/t4?,6?,7-,8+,9+/m0/s1. The van der Waals surface area contributed by atoms with Crippen LogP contribution >= 0.6 is 0 Å². The van der Waals surface area contributed by atoms with E-state index in [0.717, 1.165) is 0 Å². The molecule has 2 unspecified atom stereocenters. The van der Waals surface area contributed by atoms with Crippen LogP contribution in [0.4, 0.5) is 0 Å². The summed E-state index contributed by atoms with van der Waals surface area (Å²) in [6.45, 7) is -0.564. The normalized spacial score (nSPS) is 38.8. The van der Waals surface area contributed by atoms with Crippen molar-refractivity contribution in [3.8, 4) is 12.3 Å². The minimum absolute atomic E-state index is 0.564. The molecule has 0 radical (unpaired) electrons. The highest BCUT2D eigenvalue weighted by molar-refractivity contribution is 5.93. The van der Waals surface area contributed by atoms with Crippen LogP contribution in [0.25, 0.3) is 0 Å². The molecule has 0 spiro atoms. The molecular weight excluding hydrogens is 218 g/mol. The summed E-state index contributed by atoms with van der Waals surface area (Å²) in [6, 6.07) is -1.23. The average molecular weight is 231 g/mol. The van der Waals surface area contributed by atoms with Crippen molar-refractivity contribution >= 4 is 5.91 Å². The Morgan fingerprint density at radius 2 is 2.00 bits per heavy atom. The molecule has 1 heterocycles. The van der Waals surface area contributed by atoms with E-state index in [2.05, 4.69) is 5.32 Å². The highest BCUT2D eigenvalue weighted by Gasteiger charge is 2.44. The third-order valence-corrected chi connectivity index (χ3v) is 2.33. The van der Waals surface area contributed by atoms with Gasteiger partial charge in [-0.05, 0) is 5.92 Å². The summed E-state index contributed by atoms with van der Waals surface area (Å²) in [5, 5.41) is 39.3. The van der Waals surface area contributed by atoms with E-state index in [1.807, 2.05) is 0 Å². The van der Waals surface area contributed by atoms with Gasteiger partial charge in [0.15, 0.2) is 6.29 Å². The number of hydrogen-bond donors (Lipinski definition) is 5. The zero-order chi connectivity index (χ0) is 12.3. The number of nitrogens with one attached hydrogen (secondary N) is 1. The van der Waals surface area contributed by atoms with Crippen LogP contribution in [0.1, 0.15) is 0 Å². The summed E-state index contributed by atoms with van der Waals surface area (Å²) in [5.41, 5.74) is 0. The molecule has 5 N–H and O–H groups in total. The minimum Gasteiger partial charge on any atom is -0.394 e. The lowest BCUT2D eigenvalue weighted by molar-refractivity contribution is -0.253. The first-order valence-electron chi connectivity index (χ1n) is 4.59. The lowest BCUT2D eigenvalue weighted by Crippen LogP contribution is -2.64. The molecule has 0 aromatic rings. The molecule has 0 aliphatic carbocycles. The first kappa shape index (κ1) is 12.9. The van der Waals surface area contributed by atoms with Crippen LogP contribution in [0.2, 0.25) is 0 Å². The predicted octanol–water partition coefficient (Wildman–Crippen LogP) is -3.46. The number of aliphatic hydroxyl groups is 4. The van der Waals surface area contributed by atoms with Crippen molar-refractivity contribution in [2.24, 2.45) is 0 Å². The molecule has 0 aromatic carbocycles. The molecule has 90 valence electrons. The van der Waals surface area contributed by atoms with Gasteiger partial charge in [0.2, 0.25) is 0 Å². The SMILES string of the molecule is C#CC(=O)NC1[C@H](O)OC(CO)[C@H](O)[C@@H]1O. The monoisotopic (exact) mass is 231 g/mol. The Morgan fingerprint density at radius 3 is 2.50 bits per heavy atom. The first-order chi connectivity index (χ1) is 7.51. The number of rotatable bonds is 2. The third kappa shape index (κ3) is 2.49. The van der Waals surface area contributed by atoms with Gasteiger partial charge in [-0.2, -0.15) is 0 Å². The fourth-order valence-electron chi connectivity index (χ4n) is 1.45. The van der Waals surface area contributed by atoms with Gasteiger partial charge in [-0.1, -0.05) is 0 Å². The molecular formula is C9H13NO6. The van der Waals surface area contributed by atoms with Crippen LogP contribution in [0, 0.1) is 12.3 Å². The maximum atomic E-state index is 10.9. The van der Waals surface area contributed by atoms with E-state index in [-0.39, 0.29) is 0 Å². The summed E-state index contributed by atoms with van der Waals surface area (Å²) in [4.78, 5) is 10.9. The fraction of sp³-hybridized carbons (Fsp3) is 0.667. The summed E-state index contributed by atoms with van der Waals surface area (Å²) >= 11 is 0. The van der Waals surface area contributed by atoms with E-state index >= 15 is 0 Å². The Hall–Kier alpha value is -1.17. The average Bonchev–Trinajstić information content (AvgIpc) is 2.28. The Morgan fingerprint density at radius 1 is 1.38 bits per heavy atom. The summed E-state index contributed by atoms with van der Waals surface area (Å²) < 4.78 is 4.79. The predicted molar refractivity (Wildman–Crippen MR) is 50.7 cm³/mol. The Labute approximate surface area is 91.7 Å². The molecule has 0 bridgehead atoms. The number of ether oxygens (including phenoxy) is 1. The number of carbonyl (C=O) groups excluding carboxylic acids is 1. The Kier molecular flexibility index (Phi) is 4.23. The van der Waals surface area contributed by atoms with Crippen LogP contribution in [0.5, 0.6) is 0 Å². The van der Waals surface area contributed by atoms with Crippen molar-refractivity contribution in [1.29, 1.82) is 0 Å². The Balaban J connectivity index is 2.72. The van der Waals surface area contributed by atoms with Gasteiger partial charge in [-0.3, -0.25) is 4.79 Å². The summed E-state index contributed by atoms with van der Waals surface area (Å²) in [6.07, 6.45) is -0.750. The van der Waals surface area contributed by atoms with Gasteiger partial charge < -0.3 is 30.5 Å². The van der Waals surface area contributed by atoms with Gasteiger partial charge in [-0.15, -0.1) is 6.42 Å². The van der Waals surface area contributed by atoms with Gasteiger partial charge in [-0.25, -0.2) is 0 Å². The lowest BCUT2D eigenvalue weighted by Gasteiger charge is -2.39. The molecule has 1 rings (SSSR count). The maximum Gasteiger partial charge on any atom is 0.296 e. The minimum atomic E-state index is -1.55. The van der Waals surface area contributed by atoms with Gasteiger partial charge in [0.1, 0.15) is 24.4 Å².